The van der Waals surface area contributed by atoms with Crippen molar-refractivity contribution >= 4 is 23.6 Å². The van der Waals surface area contributed by atoms with Crippen LogP contribution in [-0.2, 0) is 16.1 Å². The zero-order valence-corrected chi connectivity index (χ0v) is 23.0. The number of hydrogen-bond donors (Lipinski definition) is 1. The third-order valence-electron chi connectivity index (χ3n) is 9.18. The van der Waals surface area contributed by atoms with Crippen LogP contribution in [0.15, 0.2) is 72.8 Å². The van der Waals surface area contributed by atoms with Gasteiger partial charge in [0.15, 0.2) is 0 Å². The Morgan fingerprint density at radius 3 is 2.07 bits per heavy atom. The molecule has 0 saturated carbocycles. The van der Waals surface area contributed by atoms with Gasteiger partial charge in [0.25, 0.3) is 11.8 Å². The van der Waals surface area contributed by atoms with E-state index in [-0.39, 0.29) is 60.5 Å². The highest BCUT2D eigenvalue weighted by molar-refractivity contribution is 6.06. The first kappa shape index (κ1) is 26.5. The van der Waals surface area contributed by atoms with E-state index >= 15 is 4.39 Å². The number of piperazine rings is 1. The molecule has 8 nitrogen and oxygen atoms in total. The fourth-order valence-corrected chi connectivity index (χ4v) is 7.29. The second-order valence-electron chi connectivity index (χ2n) is 11.7. The fourth-order valence-electron chi connectivity index (χ4n) is 7.29. The SMILES string of the molecule is O=C1CCC(N2Cc3cc(C(=O)N4CC5CCC(C4)N5C(c4ccccc4)c4ccccc4)cc(F)c3C2=O)C(=O)N1. The number of carbonyl (C=O) groups is 4. The molecule has 3 atom stereocenters. The molecule has 3 aromatic rings. The Morgan fingerprint density at radius 2 is 1.48 bits per heavy atom. The minimum Gasteiger partial charge on any atom is -0.336 e. The smallest absolute Gasteiger partial charge is 0.258 e. The van der Waals surface area contributed by atoms with Gasteiger partial charge >= 0.3 is 0 Å². The van der Waals surface area contributed by atoms with Gasteiger partial charge in [-0.15, -0.1) is 0 Å². The topological polar surface area (TPSA) is 90.0 Å². The van der Waals surface area contributed by atoms with Gasteiger partial charge in [0.1, 0.15) is 11.9 Å². The molecule has 3 unspecified atom stereocenters. The molecule has 4 aliphatic heterocycles. The highest BCUT2D eigenvalue weighted by Crippen LogP contribution is 2.41. The zero-order valence-electron chi connectivity index (χ0n) is 23.0. The van der Waals surface area contributed by atoms with Crippen LogP contribution in [0.5, 0.6) is 0 Å². The third-order valence-corrected chi connectivity index (χ3v) is 9.18. The van der Waals surface area contributed by atoms with Crippen molar-refractivity contribution in [3.63, 3.8) is 0 Å². The average Bonchev–Trinajstić information content (AvgIpc) is 3.45. The van der Waals surface area contributed by atoms with E-state index in [0.717, 1.165) is 18.9 Å². The van der Waals surface area contributed by atoms with E-state index in [2.05, 4.69) is 58.7 Å². The number of benzene rings is 3. The first-order chi connectivity index (χ1) is 20.4. The van der Waals surface area contributed by atoms with Crippen LogP contribution in [0.25, 0.3) is 0 Å². The van der Waals surface area contributed by atoms with E-state index in [1.807, 2.05) is 17.0 Å². The van der Waals surface area contributed by atoms with E-state index < -0.39 is 23.7 Å². The molecule has 3 saturated heterocycles. The van der Waals surface area contributed by atoms with Crippen LogP contribution in [-0.4, -0.2) is 69.5 Å². The summed E-state index contributed by atoms with van der Waals surface area (Å²) in [6.45, 7) is 1.09. The summed E-state index contributed by atoms with van der Waals surface area (Å²) in [4.78, 5) is 56.5. The quantitative estimate of drug-likeness (QED) is 0.476. The van der Waals surface area contributed by atoms with Gasteiger partial charge in [-0.25, -0.2) is 4.39 Å². The lowest BCUT2D eigenvalue weighted by atomic mass is 9.94. The Labute approximate surface area is 243 Å². The molecular weight excluding hydrogens is 535 g/mol. The predicted octanol–water partition coefficient (Wildman–Crippen LogP) is 3.67. The number of imide groups is 1. The highest BCUT2D eigenvalue weighted by Gasteiger charge is 2.46. The van der Waals surface area contributed by atoms with Gasteiger partial charge < -0.3 is 9.80 Å². The van der Waals surface area contributed by atoms with Gasteiger partial charge in [0.2, 0.25) is 11.8 Å². The minimum absolute atomic E-state index is 0.0212. The zero-order chi connectivity index (χ0) is 29.0. The molecule has 1 N–H and O–H groups in total. The molecule has 4 heterocycles. The first-order valence-corrected chi connectivity index (χ1v) is 14.5. The Balaban J connectivity index is 1.12. The first-order valence-electron chi connectivity index (χ1n) is 14.5. The molecule has 214 valence electrons. The van der Waals surface area contributed by atoms with Gasteiger partial charge in [0, 0.05) is 43.7 Å². The number of halogens is 1. The second kappa shape index (κ2) is 10.5. The summed E-state index contributed by atoms with van der Waals surface area (Å²) in [7, 11) is 0. The van der Waals surface area contributed by atoms with Crippen LogP contribution in [0.1, 0.15) is 69.1 Å². The summed E-state index contributed by atoms with van der Waals surface area (Å²) in [5.74, 6) is -2.54. The number of nitrogens with one attached hydrogen (secondary N) is 1. The Morgan fingerprint density at radius 1 is 0.857 bits per heavy atom. The number of fused-ring (bicyclic) bond motifs is 3. The molecule has 0 spiro atoms. The van der Waals surface area contributed by atoms with Crippen molar-refractivity contribution in [3.8, 4) is 0 Å². The fraction of sp³-hybridized carbons (Fsp3) is 0.333. The summed E-state index contributed by atoms with van der Waals surface area (Å²) >= 11 is 0. The number of carbonyl (C=O) groups excluding carboxylic acids is 4. The highest BCUT2D eigenvalue weighted by atomic mass is 19.1. The van der Waals surface area contributed by atoms with Crippen LogP contribution in [0, 0.1) is 5.82 Å². The van der Waals surface area contributed by atoms with Crippen LogP contribution in [0.2, 0.25) is 0 Å². The summed E-state index contributed by atoms with van der Waals surface area (Å²) < 4.78 is 15.4. The monoisotopic (exact) mass is 566 g/mol. The standard InChI is InChI=1S/C33H31FN4O4/c34-26-16-22(15-23-17-37(33(42)29(23)26)27-13-14-28(39)35-31(27)40)32(41)36-18-24-11-12-25(19-36)38(24)30(20-7-3-1-4-8-20)21-9-5-2-6-10-21/h1-10,15-16,24-25,27,30H,11-14,17-19H2,(H,35,39,40). The molecule has 0 aromatic heterocycles. The maximum Gasteiger partial charge on any atom is 0.258 e. The molecule has 4 amide bonds. The number of rotatable bonds is 5. The van der Waals surface area contributed by atoms with Gasteiger partial charge in [-0.05, 0) is 48.1 Å². The average molecular weight is 567 g/mol. The molecule has 3 fully saturated rings. The number of likely N-dealkylation sites (tertiary alicyclic amines) is 1. The van der Waals surface area contributed by atoms with Gasteiger partial charge in [-0.2, -0.15) is 0 Å². The summed E-state index contributed by atoms with van der Waals surface area (Å²) in [6, 6.07) is 23.2. The lowest BCUT2D eigenvalue weighted by Crippen LogP contribution is -2.56. The number of nitrogens with zero attached hydrogens (tertiary/aromatic N) is 3. The lowest BCUT2D eigenvalue weighted by molar-refractivity contribution is -0.136. The predicted molar refractivity (Wildman–Crippen MR) is 152 cm³/mol. The minimum atomic E-state index is -0.841. The van der Waals surface area contributed by atoms with Crippen LogP contribution < -0.4 is 5.32 Å². The number of piperidine rings is 1. The van der Waals surface area contributed by atoms with Gasteiger partial charge in [0.05, 0.1) is 11.6 Å². The lowest BCUT2D eigenvalue weighted by Gasteiger charge is -2.45. The Hall–Kier alpha value is -4.37. The van der Waals surface area contributed by atoms with Crippen molar-refractivity contribution in [2.24, 2.45) is 0 Å². The molecular formula is C33H31FN4O4. The maximum absolute atomic E-state index is 15.4. The second-order valence-corrected chi connectivity index (χ2v) is 11.7. The third kappa shape index (κ3) is 4.48. The molecule has 0 radical (unpaired) electrons. The van der Waals surface area contributed by atoms with Crippen molar-refractivity contribution in [2.75, 3.05) is 13.1 Å². The normalized spacial score (nSPS) is 23.9. The largest absolute Gasteiger partial charge is 0.336 e. The van der Waals surface area contributed by atoms with Gasteiger partial charge in [-0.1, -0.05) is 60.7 Å². The number of hydrogen-bond acceptors (Lipinski definition) is 5. The van der Waals surface area contributed by atoms with E-state index in [1.54, 1.807) is 6.07 Å². The Bertz CT molecular complexity index is 1530. The summed E-state index contributed by atoms with van der Waals surface area (Å²) in [5, 5.41) is 2.26. The van der Waals surface area contributed by atoms with Crippen molar-refractivity contribution in [2.45, 2.75) is 56.4 Å². The molecule has 0 aliphatic carbocycles. The van der Waals surface area contributed by atoms with Crippen molar-refractivity contribution in [3.05, 3.63) is 106 Å². The van der Waals surface area contributed by atoms with E-state index in [0.29, 0.717) is 18.7 Å². The Kier molecular flexibility index (Phi) is 6.61. The van der Waals surface area contributed by atoms with Crippen molar-refractivity contribution in [1.82, 2.24) is 20.0 Å². The summed E-state index contributed by atoms with van der Waals surface area (Å²) in [6.07, 6.45) is 2.25. The molecule has 7 rings (SSSR count). The van der Waals surface area contributed by atoms with Crippen LogP contribution in [0.3, 0.4) is 0 Å². The van der Waals surface area contributed by atoms with E-state index in [9.17, 15) is 19.2 Å². The van der Waals surface area contributed by atoms with Crippen molar-refractivity contribution < 1.29 is 23.6 Å². The van der Waals surface area contributed by atoms with E-state index in [1.165, 1.54) is 16.0 Å². The van der Waals surface area contributed by atoms with Crippen molar-refractivity contribution in [1.29, 1.82) is 0 Å². The molecule has 4 aliphatic rings. The molecule has 42 heavy (non-hydrogen) atoms. The molecule has 2 bridgehead atoms. The number of amides is 4. The van der Waals surface area contributed by atoms with Crippen LogP contribution in [0.4, 0.5) is 4.39 Å². The van der Waals surface area contributed by atoms with Crippen LogP contribution >= 0.6 is 0 Å². The van der Waals surface area contributed by atoms with Gasteiger partial charge in [-0.3, -0.25) is 29.4 Å². The summed E-state index contributed by atoms with van der Waals surface area (Å²) in [5.41, 5.74) is 2.93. The molecule has 9 heteroatoms. The maximum atomic E-state index is 15.4. The van der Waals surface area contributed by atoms with E-state index in [4.69, 9.17) is 0 Å². The molecule has 3 aromatic carbocycles.